The van der Waals surface area contributed by atoms with Crippen LogP contribution in [0.3, 0.4) is 0 Å². The largest absolute Gasteiger partial charge is 0.443 e. The van der Waals surface area contributed by atoms with Crippen molar-refractivity contribution in [3.63, 3.8) is 0 Å². The molecule has 1 amide bonds. The van der Waals surface area contributed by atoms with Gasteiger partial charge in [-0.25, -0.2) is 9.78 Å². The fourth-order valence-corrected chi connectivity index (χ4v) is 3.81. The van der Waals surface area contributed by atoms with E-state index in [1.54, 1.807) is 4.90 Å². The lowest BCUT2D eigenvalue weighted by molar-refractivity contribution is 0.0576. The van der Waals surface area contributed by atoms with Crippen molar-refractivity contribution in [2.75, 3.05) is 18.0 Å². The van der Waals surface area contributed by atoms with Crippen LogP contribution in [0.25, 0.3) is 0 Å². The van der Waals surface area contributed by atoms with Gasteiger partial charge in [0.2, 0.25) is 0 Å². The third kappa shape index (κ3) is 5.44. The van der Waals surface area contributed by atoms with E-state index in [1.807, 2.05) is 33.0 Å². The SMILES string of the molecule is CCCCN1CCCC[C@@H]1c1ccc(N(C(=O)OC(C)(C)C)C2CC2)nc1. The molecule has 1 atom stereocenters. The maximum atomic E-state index is 12.7. The van der Waals surface area contributed by atoms with Gasteiger partial charge < -0.3 is 4.74 Å². The average Bonchev–Trinajstić information content (AvgIpc) is 3.44. The zero-order valence-electron chi connectivity index (χ0n) is 17.4. The number of aromatic nitrogens is 1. The highest BCUT2D eigenvalue weighted by molar-refractivity contribution is 5.88. The maximum absolute atomic E-state index is 12.7. The predicted molar refractivity (Wildman–Crippen MR) is 109 cm³/mol. The van der Waals surface area contributed by atoms with Crippen molar-refractivity contribution in [1.29, 1.82) is 0 Å². The summed E-state index contributed by atoms with van der Waals surface area (Å²) in [6, 6.07) is 4.86. The molecule has 5 heteroatoms. The predicted octanol–water partition coefficient (Wildman–Crippen LogP) is 5.31. The van der Waals surface area contributed by atoms with Gasteiger partial charge in [-0.05, 0) is 77.6 Å². The molecule has 2 aliphatic rings. The Labute approximate surface area is 164 Å². The summed E-state index contributed by atoms with van der Waals surface area (Å²) in [5.41, 5.74) is 0.779. The third-order valence-electron chi connectivity index (χ3n) is 5.32. The van der Waals surface area contributed by atoms with Gasteiger partial charge in [0.1, 0.15) is 11.4 Å². The van der Waals surface area contributed by atoms with Crippen molar-refractivity contribution in [2.45, 2.75) is 90.3 Å². The molecule has 0 bridgehead atoms. The lowest BCUT2D eigenvalue weighted by atomic mass is 9.96. The van der Waals surface area contributed by atoms with Crippen molar-refractivity contribution in [3.8, 4) is 0 Å². The Kier molecular flexibility index (Phi) is 6.40. The van der Waals surface area contributed by atoms with Gasteiger partial charge >= 0.3 is 6.09 Å². The molecular weight excluding hydrogens is 338 g/mol. The Morgan fingerprint density at radius 1 is 1.26 bits per heavy atom. The zero-order valence-corrected chi connectivity index (χ0v) is 17.4. The number of carbonyl (C=O) groups excluding carboxylic acids is 1. The van der Waals surface area contributed by atoms with Crippen molar-refractivity contribution >= 4 is 11.9 Å². The Hall–Kier alpha value is -1.62. The van der Waals surface area contributed by atoms with Crippen LogP contribution < -0.4 is 4.90 Å². The molecule has 150 valence electrons. The topological polar surface area (TPSA) is 45.7 Å². The number of likely N-dealkylation sites (tertiary alicyclic amines) is 1. The van der Waals surface area contributed by atoms with Gasteiger partial charge in [0.15, 0.2) is 0 Å². The number of hydrogen-bond acceptors (Lipinski definition) is 4. The van der Waals surface area contributed by atoms with Crippen molar-refractivity contribution in [3.05, 3.63) is 23.9 Å². The second-order valence-corrected chi connectivity index (χ2v) is 8.93. The number of rotatable bonds is 6. The van der Waals surface area contributed by atoms with Crippen LogP contribution >= 0.6 is 0 Å². The fourth-order valence-electron chi connectivity index (χ4n) is 3.81. The molecule has 2 heterocycles. The molecule has 1 saturated carbocycles. The lowest BCUT2D eigenvalue weighted by Crippen LogP contribution is -2.39. The van der Waals surface area contributed by atoms with Gasteiger partial charge in [0.25, 0.3) is 0 Å². The molecule has 0 radical (unpaired) electrons. The molecule has 1 aliphatic carbocycles. The van der Waals surface area contributed by atoms with Crippen LogP contribution in [0.1, 0.15) is 84.2 Å². The molecule has 1 aliphatic heterocycles. The van der Waals surface area contributed by atoms with Crippen LogP contribution in [0.4, 0.5) is 10.6 Å². The second kappa shape index (κ2) is 8.59. The van der Waals surface area contributed by atoms with E-state index >= 15 is 0 Å². The molecule has 3 rings (SSSR count). The Bertz CT molecular complexity index is 619. The van der Waals surface area contributed by atoms with Crippen molar-refractivity contribution < 1.29 is 9.53 Å². The van der Waals surface area contributed by atoms with Gasteiger partial charge in [-0.15, -0.1) is 0 Å². The summed E-state index contributed by atoms with van der Waals surface area (Å²) < 4.78 is 5.60. The molecule has 2 fully saturated rings. The smallest absolute Gasteiger partial charge is 0.416 e. The van der Waals surface area contributed by atoms with Crippen LogP contribution in [0.2, 0.25) is 0 Å². The molecule has 1 saturated heterocycles. The highest BCUT2D eigenvalue weighted by Gasteiger charge is 2.37. The summed E-state index contributed by atoms with van der Waals surface area (Å²) in [4.78, 5) is 21.7. The van der Waals surface area contributed by atoms with Crippen molar-refractivity contribution in [1.82, 2.24) is 9.88 Å². The molecule has 0 aromatic carbocycles. The number of piperidine rings is 1. The first-order chi connectivity index (χ1) is 12.9. The number of ether oxygens (including phenoxy) is 1. The standard InChI is InChI=1S/C22H35N3O2/c1-5-6-14-24-15-8-7-9-19(24)17-10-13-20(23-16-17)25(18-11-12-18)21(26)27-22(2,3)4/h10,13,16,18-19H,5-9,11-12,14-15H2,1-4H3/t19-/m1/s1. The molecular formula is C22H35N3O2. The highest BCUT2D eigenvalue weighted by Crippen LogP contribution is 2.34. The van der Waals surface area contributed by atoms with E-state index in [2.05, 4.69) is 22.9 Å². The van der Waals surface area contributed by atoms with Crippen molar-refractivity contribution in [2.24, 2.45) is 0 Å². The second-order valence-electron chi connectivity index (χ2n) is 8.93. The first-order valence-electron chi connectivity index (χ1n) is 10.6. The number of nitrogens with zero attached hydrogens (tertiary/aromatic N) is 3. The third-order valence-corrected chi connectivity index (χ3v) is 5.32. The minimum absolute atomic E-state index is 0.230. The summed E-state index contributed by atoms with van der Waals surface area (Å²) in [7, 11) is 0. The fraction of sp³-hybridized carbons (Fsp3) is 0.727. The molecule has 1 aromatic rings. The zero-order chi connectivity index (χ0) is 19.4. The summed E-state index contributed by atoms with van der Waals surface area (Å²) >= 11 is 0. The molecule has 27 heavy (non-hydrogen) atoms. The van der Waals surface area contributed by atoms with Gasteiger partial charge in [0.05, 0.1) is 0 Å². The molecule has 0 spiro atoms. The summed E-state index contributed by atoms with van der Waals surface area (Å²) in [5.74, 6) is 0.714. The van der Waals surface area contributed by atoms with Gasteiger partial charge in [0, 0.05) is 18.3 Å². The van der Waals surface area contributed by atoms with Crippen LogP contribution in [-0.4, -0.2) is 40.7 Å². The number of amides is 1. The average molecular weight is 374 g/mol. The number of anilines is 1. The lowest BCUT2D eigenvalue weighted by Gasteiger charge is -2.36. The first-order valence-corrected chi connectivity index (χ1v) is 10.6. The number of carbonyl (C=O) groups is 1. The van der Waals surface area contributed by atoms with Crippen LogP contribution in [0.5, 0.6) is 0 Å². The first kappa shape index (κ1) is 20.1. The monoisotopic (exact) mass is 373 g/mol. The Morgan fingerprint density at radius 2 is 2.04 bits per heavy atom. The summed E-state index contributed by atoms with van der Waals surface area (Å²) in [6.07, 6.45) is 9.98. The van der Waals surface area contributed by atoms with E-state index in [0.717, 1.165) is 19.4 Å². The Morgan fingerprint density at radius 3 is 2.63 bits per heavy atom. The minimum atomic E-state index is -0.494. The van der Waals surface area contributed by atoms with E-state index < -0.39 is 5.60 Å². The molecule has 0 unspecified atom stereocenters. The van der Waals surface area contributed by atoms with E-state index in [9.17, 15) is 4.79 Å². The van der Waals surface area contributed by atoms with Crippen LogP contribution in [0.15, 0.2) is 18.3 Å². The van der Waals surface area contributed by atoms with Gasteiger partial charge in [-0.1, -0.05) is 25.8 Å². The molecule has 1 aromatic heterocycles. The maximum Gasteiger partial charge on any atom is 0.416 e. The van der Waals surface area contributed by atoms with E-state index in [0.29, 0.717) is 11.9 Å². The van der Waals surface area contributed by atoms with Crippen LogP contribution in [0, 0.1) is 0 Å². The van der Waals surface area contributed by atoms with Crippen LogP contribution in [-0.2, 0) is 4.74 Å². The quantitative estimate of drug-likeness (QED) is 0.678. The van der Waals surface area contributed by atoms with Gasteiger partial charge in [-0.2, -0.15) is 0 Å². The molecule has 5 nitrogen and oxygen atoms in total. The van der Waals surface area contributed by atoms with Gasteiger partial charge in [-0.3, -0.25) is 9.80 Å². The minimum Gasteiger partial charge on any atom is -0.443 e. The van der Waals surface area contributed by atoms with E-state index in [4.69, 9.17) is 4.74 Å². The number of unbranched alkanes of at least 4 members (excludes halogenated alkanes) is 1. The normalized spacial score (nSPS) is 21.1. The molecule has 0 N–H and O–H groups in total. The number of hydrogen-bond donors (Lipinski definition) is 0. The van der Waals surface area contributed by atoms with E-state index in [1.165, 1.54) is 44.2 Å². The number of pyridine rings is 1. The highest BCUT2D eigenvalue weighted by atomic mass is 16.6. The summed E-state index contributed by atoms with van der Waals surface area (Å²) in [6.45, 7) is 10.3. The summed E-state index contributed by atoms with van der Waals surface area (Å²) in [5, 5.41) is 0. The Balaban J connectivity index is 1.73. The van der Waals surface area contributed by atoms with E-state index in [-0.39, 0.29) is 12.1 Å².